The summed E-state index contributed by atoms with van der Waals surface area (Å²) >= 11 is 0. The zero-order valence-corrected chi connectivity index (χ0v) is 12.4. The quantitative estimate of drug-likeness (QED) is 0.878. The highest BCUT2D eigenvalue weighted by Gasteiger charge is 2.40. The van der Waals surface area contributed by atoms with Crippen LogP contribution in [-0.4, -0.2) is 11.9 Å². The highest BCUT2D eigenvalue weighted by atomic mass is 19.1. The van der Waals surface area contributed by atoms with Crippen LogP contribution in [0.3, 0.4) is 0 Å². The average Bonchev–Trinajstić information content (AvgIpc) is 2.42. The highest BCUT2D eigenvalue weighted by molar-refractivity contribution is 5.93. The lowest BCUT2D eigenvalue weighted by atomic mass is 9.65. The van der Waals surface area contributed by atoms with Gasteiger partial charge in [0.2, 0.25) is 5.91 Å². The molecular weight excluding hydrogens is 267 g/mol. The molecule has 21 heavy (non-hydrogen) atoms. The van der Waals surface area contributed by atoms with E-state index in [1.807, 2.05) is 6.92 Å². The summed E-state index contributed by atoms with van der Waals surface area (Å²) in [5.41, 5.74) is 7.73. The van der Waals surface area contributed by atoms with E-state index in [4.69, 9.17) is 5.73 Å². The van der Waals surface area contributed by atoms with E-state index in [0.29, 0.717) is 17.5 Å². The topological polar surface area (TPSA) is 55.1 Å². The van der Waals surface area contributed by atoms with Crippen LogP contribution in [0.4, 0.5) is 10.1 Å². The Bertz CT molecular complexity index is 532. The zero-order chi connectivity index (χ0) is 15.0. The Hall–Kier alpha value is -1.42. The summed E-state index contributed by atoms with van der Waals surface area (Å²) in [6, 6.07) is 4.76. The van der Waals surface area contributed by atoms with Crippen LogP contribution in [-0.2, 0) is 4.79 Å². The molecular formula is C17H23FN2O. The Morgan fingerprint density at radius 2 is 1.95 bits per heavy atom. The van der Waals surface area contributed by atoms with Crippen molar-refractivity contribution in [3.63, 3.8) is 0 Å². The van der Waals surface area contributed by atoms with E-state index in [1.165, 1.54) is 18.6 Å². The normalized spacial score (nSPS) is 31.8. The van der Waals surface area contributed by atoms with Crippen molar-refractivity contribution in [2.45, 2.75) is 45.1 Å². The third kappa shape index (κ3) is 2.95. The van der Waals surface area contributed by atoms with Crippen molar-refractivity contribution in [2.75, 3.05) is 5.32 Å². The number of benzene rings is 1. The molecule has 0 saturated heterocycles. The second kappa shape index (κ2) is 5.76. The number of amides is 1. The van der Waals surface area contributed by atoms with Crippen molar-refractivity contribution in [3.05, 3.63) is 29.6 Å². The number of carbonyl (C=O) groups is 1. The molecule has 0 spiro atoms. The number of nitrogens with one attached hydrogen (secondary N) is 1. The number of fused-ring (bicyclic) bond motifs is 2. The standard InChI is InChI=1S/C17H23FN2O/c1-10-5-6-14(18)9-15(10)20-17(21)13-7-11-3-2-4-12(8-13)16(11)19/h5-6,9,11-13,16H,2-4,7-8,19H2,1H3,(H,20,21). The lowest BCUT2D eigenvalue weighted by Crippen LogP contribution is -2.48. The Morgan fingerprint density at radius 3 is 2.62 bits per heavy atom. The van der Waals surface area contributed by atoms with Crippen LogP contribution in [0, 0.1) is 30.5 Å². The number of rotatable bonds is 2. The molecule has 3 N–H and O–H groups in total. The first kappa shape index (κ1) is 14.5. The summed E-state index contributed by atoms with van der Waals surface area (Å²) in [6.45, 7) is 1.88. The fourth-order valence-electron chi connectivity index (χ4n) is 3.97. The molecule has 2 bridgehead atoms. The van der Waals surface area contributed by atoms with Gasteiger partial charge in [0.25, 0.3) is 0 Å². The van der Waals surface area contributed by atoms with Crippen molar-refractivity contribution in [3.8, 4) is 0 Å². The predicted octanol–water partition coefficient (Wildman–Crippen LogP) is 3.23. The van der Waals surface area contributed by atoms with Gasteiger partial charge >= 0.3 is 0 Å². The first-order valence-corrected chi connectivity index (χ1v) is 7.87. The number of nitrogens with two attached hydrogens (primary N) is 1. The number of anilines is 1. The summed E-state index contributed by atoms with van der Waals surface area (Å²) in [5.74, 6) is 0.664. The minimum Gasteiger partial charge on any atom is -0.327 e. The molecule has 0 heterocycles. The smallest absolute Gasteiger partial charge is 0.227 e. The summed E-state index contributed by atoms with van der Waals surface area (Å²) in [5, 5.41) is 2.91. The van der Waals surface area contributed by atoms with Crippen molar-refractivity contribution >= 4 is 11.6 Å². The van der Waals surface area contributed by atoms with Crippen LogP contribution in [0.5, 0.6) is 0 Å². The molecule has 3 rings (SSSR count). The van der Waals surface area contributed by atoms with Crippen LogP contribution in [0.2, 0.25) is 0 Å². The molecule has 1 aromatic rings. The minimum absolute atomic E-state index is 0.0165. The minimum atomic E-state index is -0.321. The van der Waals surface area contributed by atoms with Crippen LogP contribution >= 0.6 is 0 Å². The third-order valence-electron chi connectivity index (χ3n) is 5.24. The van der Waals surface area contributed by atoms with Crippen molar-refractivity contribution < 1.29 is 9.18 Å². The molecule has 2 aliphatic carbocycles. The molecule has 4 heteroatoms. The second-order valence-corrected chi connectivity index (χ2v) is 6.65. The predicted molar refractivity (Wildman–Crippen MR) is 81.3 cm³/mol. The number of aryl methyl sites for hydroxylation is 1. The number of hydrogen-bond donors (Lipinski definition) is 2. The summed E-state index contributed by atoms with van der Waals surface area (Å²) in [6.07, 6.45) is 5.26. The maximum Gasteiger partial charge on any atom is 0.227 e. The molecule has 0 radical (unpaired) electrons. The Morgan fingerprint density at radius 1 is 1.29 bits per heavy atom. The maximum absolute atomic E-state index is 13.3. The molecule has 2 unspecified atom stereocenters. The molecule has 2 atom stereocenters. The van der Waals surface area contributed by atoms with Gasteiger partial charge in [0.05, 0.1) is 0 Å². The van der Waals surface area contributed by atoms with Gasteiger partial charge in [0, 0.05) is 17.6 Å². The highest BCUT2D eigenvalue weighted by Crippen LogP contribution is 2.42. The van der Waals surface area contributed by atoms with E-state index in [2.05, 4.69) is 5.32 Å². The fraction of sp³-hybridized carbons (Fsp3) is 0.588. The Balaban J connectivity index is 1.70. The lowest BCUT2D eigenvalue weighted by Gasteiger charge is -2.43. The Labute approximate surface area is 125 Å². The lowest BCUT2D eigenvalue weighted by molar-refractivity contribution is -0.122. The van der Waals surface area contributed by atoms with E-state index in [1.54, 1.807) is 6.07 Å². The molecule has 2 fully saturated rings. The molecule has 1 amide bonds. The zero-order valence-electron chi connectivity index (χ0n) is 12.4. The van der Waals surface area contributed by atoms with Gasteiger partial charge in [-0.3, -0.25) is 4.79 Å². The molecule has 2 saturated carbocycles. The van der Waals surface area contributed by atoms with Gasteiger partial charge in [-0.25, -0.2) is 4.39 Å². The van der Waals surface area contributed by atoms with Crippen molar-refractivity contribution in [2.24, 2.45) is 23.5 Å². The SMILES string of the molecule is Cc1ccc(F)cc1NC(=O)C1CC2CCCC(C1)C2N. The van der Waals surface area contributed by atoms with E-state index in [9.17, 15) is 9.18 Å². The first-order valence-electron chi connectivity index (χ1n) is 7.87. The van der Waals surface area contributed by atoms with Gasteiger partial charge in [-0.1, -0.05) is 12.5 Å². The third-order valence-corrected chi connectivity index (χ3v) is 5.24. The molecule has 0 aliphatic heterocycles. The monoisotopic (exact) mass is 290 g/mol. The molecule has 3 nitrogen and oxygen atoms in total. The number of hydrogen-bond acceptors (Lipinski definition) is 2. The van der Waals surface area contributed by atoms with Gasteiger partial charge < -0.3 is 11.1 Å². The van der Waals surface area contributed by atoms with E-state index < -0.39 is 0 Å². The Kier molecular flexibility index (Phi) is 3.98. The molecule has 1 aromatic carbocycles. The summed E-state index contributed by atoms with van der Waals surface area (Å²) in [4.78, 5) is 12.5. The molecule has 2 aliphatic rings. The van der Waals surface area contributed by atoms with Gasteiger partial charge in [0.15, 0.2) is 0 Å². The van der Waals surface area contributed by atoms with Crippen molar-refractivity contribution in [1.29, 1.82) is 0 Å². The maximum atomic E-state index is 13.3. The molecule has 0 aromatic heterocycles. The number of halogens is 1. The first-order chi connectivity index (χ1) is 10.0. The van der Waals surface area contributed by atoms with E-state index in [-0.39, 0.29) is 23.7 Å². The van der Waals surface area contributed by atoms with Crippen molar-refractivity contribution in [1.82, 2.24) is 0 Å². The number of carbonyl (C=O) groups excluding carboxylic acids is 1. The average molecular weight is 290 g/mol. The summed E-state index contributed by atoms with van der Waals surface area (Å²) in [7, 11) is 0. The fourth-order valence-corrected chi connectivity index (χ4v) is 3.97. The van der Waals surface area contributed by atoms with Gasteiger partial charge in [-0.05, 0) is 62.1 Å². The van der Waals surface area contributed by atoms with Gasteiger partial charge in [-0.15, -0.1) is 0 Å². The van der Waals surface area contributed by atoms with Crippen LogP contribution < -0.4 is 11.1 Å². The second-order valence-electron chi connectivity index (χ2n) is 6.65. The van der Waals surface area contributed by atoms with Gasteiger partial charge in [-0.2, -0.15) is 0 Å². The van der Waals surface area contributed by atoms with Crippen LogP contribution in [0.15, 0.2) is 18.2 Å². The van der Waals surface area contributed by atoms with Crippen LogP contribution in [0.1, 0.15) is 37.7 Å². The molecule has 114 valence electrons. The van der Waals surface area contributed by atoms with Crippen LogP contribution in [0.25, 0.3) is 0 Å². The van der Waals surface area contributed by atoms with E-state index >= 15 is 0 Å². The van der Waals surface area contributed by atoms with Gasteiger partial charge in [0.1, 0.15) is 5.82 Å². The van der Waals surface area contributed by atoms with E-state index in [0.717, 1.165) is 31.2 Å². The summed E-state index contributed by atoms with van der Waals surface area (Å²) < 4.78 is 13.3. The largest absolute Gasteiger partial charge is 0.327 e.